The molecule has 0 N–H and O–H groups in total. The lowest BCUT2D eigenvalue weighted by molar-refractivity contribution is -0.140. The van der Waals surface area contributed by atoms with Crippen molar-refractivity contribution in [3.05, 3.63) is 59.4 Å². The van der Waals surface area contributed by atoms with Gasteiger partial charge in [-0.25, -0.2) is 14.4 Å². The molecule has 160 valence electrons. The standard InChI is InChI=1S/C19H14F4N6O2/c20-14-11(3-1-4-12(14)19(21,22)23)18(30)29-10-7-28-16(13(29)9-31-8-10)26-27-17(28)15-24-5-2-6-25-15/h1-6,10,13H,7-9H2/t10-,13-/m1/s1. The van der Waals surface area contributed by atoms with Gasteiger partial charge in [-0.3, -0.25) is 4.79 Å². The molecule has 0 unspecified atom stereocenters. The molecule has 2 atom stereocenters. The van der Waals surface area contributed by atoms with Gasteiger partial charge in [0.25, 0.3) is 5.91 Å². The minimum Gasteiger partial charge on any atom is -0.377 e. The molecule has 2 aromatic heterocycles. The highest BCUT2D eigenvalue weighted by atomic mass is 19.4. The molecule has 5 rings (SSSR count). The van der Waals surface area contributed by atoms with Gasteiger partial charge in [-0.05, 0) is 18.2 Å². The summed E-state index contributed by atoms with van der Waals surface area (Å²) in [5, 5.41) is 8.28. The lowest BCUT2D eigenvalue weighted by Crippen LogP contribution is -2.56. The maximum absolute atomic E-state index is 14.6. The van der Waals surface area contributed by atoms with Gasteiger partial charge in [0.15, 0.2) is 11.6 Å². The topological polar surface area (TPSA) is 86.0 Å². The molecule has 0 saturated carbocycles. The molecule has 2 bridgehead atoms. The molecular formula is C19H14F4N6O2. The third kappa shape index (κ3) is 3.14. The number of carbonyl (C=O) groups is 1. The second kappa shape index (κ2) is 7.08. The first-order valence-corrected chi connectivity index (χ1v) is 9.33. The van der Waals surface area contributed by atoms with E-state index >= 15 is 0 Å². The third-order valence-electron chi connectivity index (χ3n) is 5.32. The van der Waals surface area contributed by atoms with Gasteiger partial charge < -0.3 is 14.2 Å². The van der Waals surface area contributed by atoms with Crippen molar-refractivity contribution in [2.45, 2.75) is 24.8 Å². The van der Waals surface area contributed by atoms with Crippen LogP contribution in [0.2, 0.25) is 0 Å². The summed E-state index contributed by atoms with van der Waals surface area (Å²) in [5.74, 6) is -1.31. The van der Waals surface area contributed by atoms with Crippen LogP contribution in [0.15, 0.2) is 36.7 Å². The average molecular weight is 434 g/mol. The molecule has 4 heterocycles. The number of hydrogen-bond acceptors (Lipinski definition) is 6. The van der Waals surface area contributed by atoms with E-state index in [0.29, 0.717) is 23.5 Å². The van der Waals surface area contributed by atoms with Gasteiger partial charge in [0.2, 0.25) is 5.82 Å². The number of hydrogen-bond donors (Lipinski definition) is 0. The normalized spacial score (nSPS) is 20.5. The Morgan fingerprint density at radius 2 is 1.87 bits per heavy atom. The number of halogens is 4. The quantitative estimate of drug-likeness (QED) is 0.576. The van der Waals surface area contributed by atoms with Crippen molar-refractivity contribution < 1.29 is 27.1 Å². The Bertz CT molecular complexity index is 1150. The van der Waals surface area contributed by atoms with Crippen LogP contribution in [0.5, 0.6) is 0 Å². The number of morpholine rings is 1. The Labute approximate surface area is 172 Å². The fraction of sp³-hybridized carbons (Fsp3) is 0.316. The Balaban J connectivity index is 1.55. The van der Waals surface area contributed by atoms with Crippen molar-refractivity contribution in [1.29, 1.82) is 0 Å². The fourth-order valence-electron chi connectivity index (χ4n) is 3.97. The highest BCUT2D eigenvalue weighted by molar-refractivity contribution is 5.95. The number of rotatable bonds is 2. The molecular weight excluding hydrogens is 420 g/mol. The molecule has 0 aliphatic carbocycles. The lowest BCUT2D eigenvalue weighted by Gasteiger charge is -2.45. The summed E-state index contributed by atoms with van der Waals surface area (Å²) >= 11 is 0. The van der Waals surface area contributed by atoms with Crippen LogP contribution in [0.1, 0.15) is 27.8 Å². The van der Waals surface area contributed by atoms with Crippen LogP contribution in [-0.2, 0) is 17.5 Å². The van der Waals surface area contributed by atoms with Gasteiger partial charge in [0, 0.05) is 18.9 Å². The molecule has 1 amide bonds. The van der Waals surface area contributed by atoms with E-state index in [2.05, 4.69) is 20.2 Å². The number of fused-ring (bicyclic) bond motifs is 4. The van der Waals surface area contributed by atoms with Crippen molar-refractivity contribution in [2.24, 2.45) is 0 Å². The Hall–Kier alpha value is -3.41. The Morgan fingerprint density at radius 1 is 1.10 bits per heavy atom. The van der Waals surface area contributed by atoms with Crippen molar-refractivity contribution >= 4 is 5.91 Å². The van der Waals surface area contributed by atoms with Gasteiger partial charge in [-0.2, -0.15) is 13.2 Å². The monoisotopic (exact) mass is 434 g/mol. The van der Waals surface area contributed by atoms with Crippen LogP contribution in [0.3, 0.4) is 0 Å². The number of amides is 1. The van der Waals surface area contributed by atoms with Crippen molar-refractivity contribution in [3.8, 4) is 11.6 Å². The van der Waals surface area contributed by atoms with Crippen LogP contribution in [0.4, 0.5) is 17.6 Å². The molecule has 2 aliphatic rings. The predicted octanol–water partition coefficient (Wildman–Crippen LogP) is 2.49. The van der Waals surface area contributed by atoms with Crippen molar-refractivity contribution in [1.82, 2.24) is 29.6 Å². The molecule has 8 nitrogen and oxygen atoms in total. The number of nitrogens with zero attached hydrogens (tertiary/aromatic N) is 6. The van der Waals surface area contributed by atoms with E-state index in [-0.39, 0.29) is 19.8 Å². The van der Waals surface area contributed by atoms with E-state index in [0.717, 1.165) is 12.1 Å². The summed E-state index contributed by atoms with van der Waals surface area (Å²) in [7, 11) is 0. The summed E-state index contributed by atoms with van der Waals surface area (Å²) in [5.41, 5.74) is -2.13. The smallest absolute Gasteiger partial charge is 0.377 e. The second-order valence-electron chi connectivity index (χ2n) is 7.15. The van der Waals surface area contributed by atoms with Gasteiger partial charge in [-0.15, -0.1) is 10.2 Å². The van der Waals surface area contributed by atoms with Gasteiger partial charge in [0.05, 0.1) is 30.4 Å². The summed E-state index contributed by atoms with van der Waals surface area (Å²) in [6.07, 6.45) is -1.79. The van der Waals surface area contributed by atoms with E-state index < -0.39 is 41.1 Å². The van der Waals surface area contributed by atoms with Crippen molar-refractivity contribution in [3.63, 3.8) is 0 Å². The molecule has 1 fully saturated rings. The Morgan fingerprint density at radius 3 is 2.61 bits per heavy atom. The number of benzene rings is 1. The van der Waals surface area contributed by atoms with E-state index in [1.165, 1.54) is 4.90 Å². The molecule has 1 saturated heterocycles. The van der Waals surface area contributed by atoms with E-state index in [1.807, 2.05) is 0 Å². The second-order valence-corrected chi connectivity index (χ2v) is 7.15. The number of alkyl halides is 3. The highest BCUT2D eigenvalue weighted by Crippen LogP contribution is 2.37. The molecule has 3 aromatic rings. The first-order chi connectivity index (χ1) is 14.9. The van der Waals surface area contributed by atoms with E-state index in [9.17, 15) is 22.4 Å². The van der Waals surface area contributed by atoms with E-state index in [4.69, 9.17) is 4.74 Å². The van der Waals surface area contributed by atoms with Crippen molar-refractivity contribution in [2.75, 3.05) is 13.2 Å². The summed E-state index contributed by atoms with van der Waals surface area (Å²) in [6, 6.07) is 3.04. The van der Waals surface area contributed by atoms with Crippen LogP contribution in [-0.4, -0.2) is 54.8 Å². The van der Waals surface area contributed by atoms with Crippen LogP contribution >= 0.6 is 0 Å². The maximum Gasteiger partial charge on any atom is 0.419 e. The van der Waals surface area contributed by atoms with Crippen LogP contribution in [0, 0.1) is 5.82 Å². The molecule has 2 aliphatic heterocycles. The minimum atomic E-state index is -4.91. The molecule has 0 radical (unpaired) electrons. The maximum atomic E-state index is 14.6. The summed E-state index contributed by atoms with van der Waals surface area (Å²) in [4.78, 5) is 22.8. The van der Waals surface area contributed by atoms with Gasteiger partial charge in [0.1, 0.15) is 11.9 Å². The number of ether oxygens (including phenoxy) is 1. The van der Waals surface area contributed by atoms with Gasteiger partial charge >= 0.3 is 6.18 Å². The minimum absolute atomic E-state index is 0.0522. The average Bonchev–Trinajstić information content (AvgIpc) is 3.16. The van der Waals surface area contributed by atoms with Crippen LogP contribution in [0.25, 0.3) is 11.6 Å². The number of carbonyl (C=O) groups excluding carboxylic acids is 1. The molecule has 0 spiro atoms. The largest absolute Gasteiger partial charge is 0.419 e. The zero-order chi connectivity index (χ0) is 21.8. The SMILES string of the molecule is O=C(c1cccc(C(F)(F)F)c1F)N1[C@H]2COC[C@@H]1c1nnc(-c3ncccn3)n1C2. The highest BCUT2D eigenvalue weighted by Gasteiger charge is 2.45. The molecule has 1 aromatic carbocycles. The summed E-state index contributed by atoms with van der Waals surface area (Å²) in [6.45, 7) is 0.394. The zero-order valence-corrected chi connectivity index (χ0v) is 15.8. The molecule has 12 heteroatoms. The predicted molar refractivity (Wildman–Crippen MR) is 96.0 cm³/mol. The zero-order valence-electron chi connectivity index (χ0n) is 15.8. The third-order valence-corrected chi connectivity index (χ3v) is 5.32. The van der Waals surface area contributed by atoms with E-state index in [1.54, 1.807) is 23.0 Å². The lowest BCUT2D eigenvalue weighted by atomic mass is 10.0. The summed E-state index contributed by atoms with van der Waals surface area (Å²) < 4.78 is 61.3. The fourth-order valence-corrected chi connectivity index (χ4v) is 3.97. The molecule has 31 heavy (non-hydrogen) atoms. The first kappa shape index (κ1) is 19.5. The Kier molecular flexibility index (Phi) is 4.46. The van der Waals surface area contributed by atoms with Gasteiger partial charge in [-0.1, -0.05) is 6.07 Å². The van der Waals surface area contributed by atoms with Crippen LogP contribution < -0.4 is 0 Å². The number of aromatic nitrogens is 5. The first-order valence-electron chi connectivity index (χ1n) is 9.33.